The molecule has 0 bridgehead atoms. The van der Waals surface area contributed by atoms with Crippen molar-refractivity contribution >= 4 is 10.9 Å². The normalized spacial score (nSPS) is 11.2. The van der Waals surface area contributed by atoms with Gasteiger partial charge in [0.1, 0.15) is 11.2 Å². The fraction of sp³-hybridized carbons (Fsp3) is 0.250. The molecule has 19 heavy (non-hydrogen) atoms. The smallest absolute Gasteiger partial charge is 0.251 e. The number of para-hydroxylation sites is 1. The second-order valence-electron chi connectivity index (χ2n) is 5.07. The first kappa shape index (κ1) is 11.9. The zero-order valence-corrected chi connectivity index (χ0v) is 11.8. The molecule has 0 spiro atoms. The zero-order chi connectivity index (χ0) is 13.6. The van der Waals surface area contributed by atoms with Crippen LogP contribution in [0.3, 0.4) is 0 Å². The minimum atomic E-state index is 1.06. The molecule has 1 aromatic carbocycles. The third kappa shape index (κ3) is 1.82. The van der Waals surface area contributed by atoms with E-state index in [1.807, 2.05) is 6.92 Å². The number of nitrogens with zero attached hydrogens (tertiary/aromatic N) is 3. The van der Waals surface area contributed by atoms with E-state index in [1.54, 1.807) is 0 Å². The van der Waals surface area contributed by atoms with Gasteiger partial charge in [0, 0.05) is 11.3 Å². The van der Waals surface area contributed by atoms with Gasteiger partial charge in [0.15, 0.2) is 0 Å². The first-order valence-electron chi connectivity index (χ1n) is 6.49. The summed E-state index contributed by atoms with van der Waals surface area (Å²) >= 11 is 0. The largest absolute Gasteiger partial charge is 0.259 e. The molecule has 0 atom stereocenters. The Morgan fingerprint density at radius 3 is 2.53 bits per heavy atom. The van der Waals surface area contributed by atoms with Crippen LogP contribution in [-0.4, -0.2) is 9.67 Å². The highest BCUT2D eigenvalue weighted by atomic mass is 15.4. The lowest BCUT2D eigenvalue weighted by Crippen LogP contribution is -2.40. The van der Waals surface area contributed by atoms with E-state index in [2.05, 4.69) is 71.8 Å². The number of aromatic nitrogens is 3. The lowest BCUT2D eigenvalue weighted by Gasteiger charge is -2.05. The molecular weight excluding hydrogens is 234 g/mol. The molecule has 2 heterocycles. The number of pyridine rings is 1. The molecule has 0 aliphatic heterocycles. The number of aryl methyl sites for hydroxylation is 4. The van der Waals surface area contributed by atoms with Crippen molar-refractivity contribution in [2.45, 2.75) is 20.8 Å². The van der Waals surface area contributed by atoms with Crippen molar-refractivity contribution in [2.75, 3.05) is 0 Å². The Bertz CT molecular complexity index is 746. The van der Waals surface area contributed by atoms with E-state index >= 15 is 0 Å². The van der Waals surface area contributed by atoms with Gasteiger partial charge in [-0.25, -0.2) is 0 Å². The second-order valence-corrected chi connectivity index (χ2v) is 5.07. The SMILES string of the molecule is Cc1cc(C)c(-[n+]2cc3ccccc3n2C)c(C)n1. The molecule has 0 radical (unpaired) electrons. The van der Waals surface area contributed by atoms with E-state index in [4.69, 9.17) is 0 Å². The average molecular weight is 252 g/mol. The third-order valence-electron chi connectivity index (χ3n) is 3.58. The van der Waals surface area contributed by atoms with Gasteiger partial charge in [-0.1, -0.05) is 16.8 Å². The standard InChI is InChI=1S/C16H18N3/c1-11-9-12(2)17-13(3)16(11)19-10-14-7-5-6-8-15(14)18(19)4/h5-10H,1-4H3/q+1. The van der Waals surface area contributed by atoms with Crippen LogP contribution in [0.2, 0.25) is 0 Å². The van der Waals surface area contributed by atoms with Gasteiger partial charge in [-0.15, -0.1) is 0 Å². The quantitative estimate of drug-likeness (QED) is 0.610. The summed E-state index contributed by atoms with van der Waals surface area (Å²) in [4.78, 5) is 4.59. The summed E-state index contributed by atoms with van der Waals surface area (Å²) in [5.41, 5.74) is 5.78. The van der Waals surface area contributed by atoms with Crippen molar-refractivity contribution in [3.63, 3.8) is 0 Å². The van der Waals surface area contributed by atoms with Crippen molar-refractivity contribution < 1.29 is 4.68 Å². The molecule has 0 saturated heterocycles. The predicted molar refractivity (Wildman–Crippen MR) is 76.5 cm³/mol. The molecule has 3 heteroatoms. The third-order valence-corrected chi connectivity index (χ3v) is 3.58. The maximum atomic E-state index is 4.59. The maximum absolute atomic E-state index is 4.59. The van der Waals surface area contributed by atoms with Crippen LogP contribution in [0.4, 0.5) is 0 Å². The van der Waals surface area contributed by atoms with Crippen molar-refractivity contribution in [2.24, 2.45) is 7.05 Å². The summed E-state index contributed by atoms with van der Waals surface area (Å²) in [6.07, 6.45) is 2.17. The molecule has 0 aliphatic rings. The maximum Gasteiger partial charge on any atom is 0.259 e. The summed E-state index contributed by atoms with van der Waals surface area (Å²) in [5.74, 6) is 0. The molecule has 0 saturated carbocycles. The Morgan fingerprint density at radius 1 is 1.11 bits per heavy atom. The van der Waals surface area contributed by atoms with E-state index < -0.39 is 0 Å². The van der Waals surface area contributed by atoms with Crippen LogP contribution in [0.1, 0.15) is 17.0 Å². The van der Waals surface area contributed by atoms with Crippen LogP contribution in [0.15, 0.2) is 36.5 Å². The van der Waals surface area contributed by atoms with Crippen LogP contribution in [0.5, 0.6) is 0 Å². The summed E-state index contributed by atoms with van der Waals surface area (Å²) in [6, 6.07) is 10.5. The summed E-state index contributed by atoms with van der Waals surface area (Å²) in [5, 5.41) is 1.24. The van der Waals surface area contributed by atoms with Crippen LogP contribution >= 0.6 is 0 Å². The number of hydrogen-bond donors (Lipinski definition) is 0. The summed E-state index contributed by atoms with van der Waals surface area (Å²) < 4.78 is 4.35. The monoisotopic (exact) mass is 252 g/mol. The van der Waals surface area contributed by atoms with Crippen LogP contribution in [0.25, 0.3) is 16.6 Å². The van der Waals surface area contributed by atoms with Gasteiger partial charge in [-0.3, -0.25) is 4.98 Å². The van der Waals surface area contributed by atoms with Gasteiger partial charge < -0.3 is 0 Å². The molecule has 3 nitrogen and oxygen atoms in total. The average Bonchev–Trinajstić information content (AvgIpc) is 2.66. The van der Waals surface area contributed by atoms with Gasteiger partial charge in [-0.2, -0.15) is 4.68 Å². The number of fused-ring (bicyclic) bond motifs is 1. The molecule has 0 N–H and O–H groups in total. The minimum absolute atomic E-state index is 1.06. The van der Waals surface area contributed by atoms with Crippen molar-refractivity contribution in [3.05, 3.63) is 53.5 Å². The van der Waals surface area contributed by atoms with Gasteiger partial charge in [-0.05, 0) is 39.0 Å². The Balaban J connectivity index is 2.34. The summed E-state index contributed by atoms with van der Waals surface area (Å²) in [6.45, 7) is 6.25. The molecule has 0 unspecified atom stereocenters. The van der Waals surface area contributed by atoms with E-state index in [0.717, 1.165) is 11.4 Å². The first-order chi connectivity index (χ1) is 9.08. The lowest BCUT2D eigenvalue weighted by atomic mass is 10.1. The lowest BCUT2D eigenvalue weighted by molar-refractivity contribution is -0.680. The molecule has 0 aliphatic carbocycles. The minimum Gasteiger partial charge on any atom is -0.251 e. The van der Waals surface area contributed by atoms with Gasteiger partial charge in [0.25, 0.3) is 5.69 Å². The molecule has 0 amide bonds. The Labute approximate surface area is 113 Å². The molecule has 96 valence electrons. The molecule has 0 fully saturated rings. The highest BCUT2D eigenvalue weighted by molar-refractivity contribution is 5.77. The van der Waals surface area contributed by atoms with E-state index in [-0.39, 0.29) is 0 Å². The summed E-state index contributed by atoms with van der Waals surface area (Å²) in [7, 11) is 2.08. The fourth-order valence-corrected chi connectivity index (χ4v) is 2.80. The zero-order valence-electron chi connectivity index (χ0n) is 11.8. The highest BCUT2D eigenvalue weighted by Crippen LogP contribution is 2.16. The number of rotatable bonds is 1. The second kappa shape index (κ2) is 4.19. The number of benzene rings is 1. The predicted octanol–water partition coefficient (Wildman–Crippen LogP) is 2.78. The Kier molecular flexibility index (Phi) is 2.63. The van der Waals surface area contributed by atoms with Gasteiger partial charge in [0.2, 0.25) is 6.20 Å². The molecular formula is C16H18N3+. The van der Waals surface area contributed by atoms with Gasteiger partial charge >= 0.3 is 0 Å². The van der Waals surface area contributed by atoms with Crippen molar-refractivity contribution in [3.8, 4) is 5.69 Å². The molecule has 3 rings (SSSR count). The van der Waals surface area contributed by atoms with Crippen molar-refractivity contribution in [1.29, 1.82) is 0 Å². The molecule has 2 aromatic heterocycles. The Morgan fingerprint density at radius 2 is 1.84 bits per heavy atom. The van der Waals surface area contributed by atoms with Crippen LogP contribution in [-0.2, 0) is 7.05 Å². The topological polar surface area (TPSA) is 21.7 Å². The van der Waals surface area contributed by atoms with Crippen molar-refractivity contribution in [1.82, 2.24) is 9.67 Å². The number of hydrogen-bond acceptors (Lipinski definition) is 1. The Hall–Kier alpha value is -2.16. The van der Waals surface area contributed by atoms with E-state index in [1.165, 1.54) is 22.2 Å². The van der Waals surface area contributed by atoms with E-state index in [0.29, 0.717) is 0 Å². The van der Waals surface area contributed by atoms with Gasteiger partial charge in [0.05, 0.1) is 12.4 Å². The first-order valence-corrected chi connectivity index (χ1v) is 6.49. The van der Waals surface area contributed by atoms with E-state index in [9.17, 15) is 0 Å². The van der Waals surface area contributed by atoms with Crippen LogP contribution in [0, 0.1) is 20.8 Å². The fourth-order valence-electron chi connectivity index (χ4n) is 2.80. The molecule has 3 aromatic rings. The highest BCUT2D eigenvalue weighted by Gasteiger charge is 2.21. The van der Waals surface area contributed by atoms with Crippen LogP contribution < -0.4 is 4.68 Å².